The summed E-state index contributed by atoms with van der Waals surface area (Å²) in [4.78, 5) is 27.9. The van der Waals surface area contributed by atoms with Crippen molar-refractivity contribution in [3.05, 3.63) is 38.9 Å². The predicted molar refractivity (Wildman–Crippen MR) is 84.9 cm³/mol. The van der Waals surface area contributed by atoms with Gasteiger partial charge in [-0.25, -0.2) is 0 Å². The van der Waals surface area contributed by atoms with Gasteiger partial charge in [0.25, 0.3) is 0 Å². The lowest BCUT2D eigenvalue weighted by atomic mass is 9.96. The molecule has 0 saturated heterocycles. The molecule has 1 aliphatic carbocycles. The molecule has 2 aromatic rings. The normalized spacial score (nSPS) is 17.3. The highest BCUT2D eigenvalue weighted by atomic mass is 16.2. The first-order chi connectivity index (χ1) is 10.2. The molecule has 0 atom stereocenters. The van der Waals surface area contributed by atoms with Gasteiger partial charge < -0.3 is 15.3 Å². The number of rotatable bonds is 2. The fraction of sp³-hybridized carbons (Fsp3) is 0.500. The SMILES string of the molecule is O=c1[nH]c2ccc(NC3CCCCCCC3)cc2[nH]c1=O. The standard InChI is InChI=1S/C16H21N3O2/c20-15-16(21)19-14-10-12(8-9-13(14)18-15)17-11-6-4-2-1-3-5-7-11/h8-11,17H,1-7H2,(H,18,20)(H,19,21). The van der Waals surface area contributed by atoms with Crippen molar-refractivity contribution in [1.82, 2.24) is 9.97 Å². The molecule has 112 valence electrons. The van der Waals surface area contributed by atoms with E-state index in [-0.39, 0.29) is 0 Å². The predicted octanol–water partition coefficient (Wildman–Crippen LogP) is 2.74. The summed E-state index contributed by atoms with van der Waals surface area (Å²) in [5, 5.41) is 3.56. The van der Waals surface area contributed by atoms with Crippen LogP contribution in [0.15, 0.2) is 27.8 Å². The van der Waals surface area contributed by atoms with E-state index in [0.717, 1.165) is 5.69 Å². The summed E-state index contributed by atoms with van der Waals surface area (Å²) in [7, 11) is 0. The van der Waals surface area contributed by atoms with Crippen LogP contribution in [0.2, 0.25) is 0 Å². The Morgan fingerprint density at radius 3 is 2.19 bits per heavy atom. The molecule has 3 rings (SSSR count). The maximum atomic E-state index is 11.4. The van der Waals surface area contributed by atoms with Crippen LogP contribution in [0.1, 0.15) is 44.9 Å². The fourth-order valence-corrected chi connectivity index (χ4v) is 3.04. The van der Waals surface area contributed by atoms with Crippen molar-refractivity contribution in [2.24, 2.45) is 0 Å². The molecule has 1 heterocycles. The molecular formula is C16H21N3O2. The maximum absolute atomic E-state index is 11.4. The maximum Gasteiger partial charge on any atom is 0.314 e. The van der Waals surface area contributed by atoms with Crippen molar-refractivity contribution in [2.45, 2.75) is 51.0 Å². The zero-order valence-electron chi connectivity index (χ0n) is 12.1. The minimum absolute atomic E-state index is 0.497. The monoisotopic (exact) mass is 287 g/mol. The Kier molecular flexibility index (Phi) is 4.08. The minimum atomic E-state index is -0.608. The summed E-state index contributed by atoms with van der Waals surface area (Å²) >= 11 is 0. The fourth-order valence-electron chi connectivity index (χ4n) is 3.04. The topological polar surface area (TPSA) is 77.8 Å². The van der Waals surface area contributed by atoms with E-state index >= 15 is 0 Å². The van der Waals surface area contributed by atoms with Crippen molar-refractivity contribution < 1.29 is 0 Å². The Morgan fingerprint density at radius 2 is 1.48 bits per heavy atom. The smallest absolute Gasteiger partial charge is 0.314 e. The molecule has 1 aliphatic rings. The van der Waals surface area contributed by atoms with E-state index in [0.29, 0.717) is 17.1 Å². The van der Waals surface area contributed by atoms with Crippen molar-refractivity contribution in [3.63, 3.8) is 0 Å². The Labute approximate surface area is 122 Å². The summed E-state index contributed by atoms with van der Waals surface area (Å²) in [6.45, 7) is 0. The summed E-state index contributed by atoms with van der Waals surface area (Å²) in [6, 6.07) is 6.18. The molecule has 5 heteroatoms. The first kappa shape index (κ1) is 13.9. The summed E-state index contributed by atoms with van der Waals surface area (Å²) < 4.78 is 0. The Hall–Kier alpha value is -2.04. The summed E-state index contributed by atoms with van der Waals surface area (Å²) in [5.41, 5.74) is 1.10. The molecule has 21 heavy (non-hydrogen) atoms. The number of anilines is 1. The van der Waals surface area contributed by atoms with Crippen molar-refractivity contribution in [3.8, 4) is 0 Å². The molecule has 5 nitrogen and oxygen atoms in total. The van der Waals surface area contributed by atoms with Gasteiger partial charge in [-0.05, 0) is 31.0 Å². The number of nitrogens with one attached hydrogen (secondary N) is 3. The molecule has 3 N–H and O–H groups in total. The largest absolute Gasteiger partial charge is 0.382 e. The van der Waals surface area contributed by atoms with Crippen molar-refractivity contribution in [1.29, 1.82) is 0 Å². The summed E-state index contributed by atoms with van der Waals surface area (Å²) in [5.74, 6) is 0. The molecule has 0 bridgehead atoms. The zero-order valence-corrected chi connectivity index (χ0v) is 12.1. The molecule has 0 radical (unpaired) electrons. The van der Waals surface area contributed by atoms with E-state index in [4.69, 9.17) is 0 Å². The number of H-pyrrole nitrogens is 2. The second-order valence-corrected chi connectivity index (χ2v) is 5.85. The van der Waals surface area contributed by atoms with Gasteiger partial charge >= 0.3 is 11.1 Å². The van der Waals surface area contributed by atoms with E-state index in [1.54, 1.807) is 0 Å². The average Bonchev–Trinajstić information content (AvgIpc) is 2.43. The first-order valence-corrected chi connectivity index (χ1v) is 7.75. The zero-order chi connectivity index (χ0) is 14.7. The van der Waals surface area contributed by atoms with Gasteiger partial charge in [-0.3, -0.25) is 9.59 Å². The molecule has 1 saturated carbocycles. The molecule has 1 fully saturated rings. The van der Waals surface area contributed by atoms with Gasteiger partial charge in [0, 0.05) is 11.7 Å². The van der Waals surface area contributed by atoms with Crippen LogP contribution < -0.4 is 16.4 Å². The van der Waals surface area contributed by atoms with Crippen LogP contribution in [0, 0.1) is 0 Å². The number of fused-ring (bicyclic) bond motifs is 1. The third kappa shape index (κ3) is 3.35. The number of aromatic nitrogens is 2. The minimum Gasteiger partial charge on any atom is -0.382 e. The lowest BCUT2D eigenvalue weighted by molar-refractivity contribution is 0.471. The van der Waals surface area contributed by atoms with Gasteiger partial charge in [0.15, 0.2) is 0 Å². The van der Waals surface area contributed by atoms with Crippen LogP contribution in [0.3, 0.4) is 0 Å². The van der Waals surface area contributed by atoms with Crippen LogP contribution in [-0.4, -0.2) is 16.0 Å². The second kappa shape index (κ2) is 6.16. The van der Waals surface area contributed by atoms with E-state index in [2.05, 4.69) is 15.3 Å². The molecule has 0 aliphatic heterocycles. The highest BCUT2D eigenvalue weighted by Crippen LogP contribution is 2.22. The van der Waals surface area contributed by atoms with E-state index in [1.807, 2.05) is 18.2 Å². The van der Waals surface area contributed by atoms with Crippen LogP contribution in [-0.2, 0) is 0 Å². The third-order valence-corrected chi connectivity index (χ3v) is 4.20. The molecule has 1 aromatic heterocycles. The summed E-state index contributed by atoms with van der Waals surface area (Å²) in [6.07, 6.45) is 8.94. The van der Waals surface area contributed by atoms with E-state index in [9.17, 15) is 9.59 Å². The lowest BCUT2D eigenvalue weighted by Gasteiger charge is -2.22. The van der Waals surface area contributed by atoms with Crippen molar-refractivity contribution in [2.75, 3.05) is 5.32 Å². The molecule has 0 spiro atoms. The number of benzene rings is 1. The Bertz CT molecular complexity index is 724. The van der Waals surface area contributed by atoms with Gasteiger partial charge in [-0.15, -0.1) is 0 Å². The Morgan fingerprint density at radius 1 is 0.857 bits per heavy atom. The van der Waals surface area contributed by atoms with Crippen LogP contribution in [0.4, 0.5) is 5.69 Å². The average molecular weight is 287 g/mol. The van der Waals surface area contributed by atoms with Gasteiger partial charge in [0.1, 0.15) is 0 Å². The van der Waals surface area contributed by atoms with E-state index in [1.165, 1.54) is 44.9 Å². The third-order valence-electron chi connectivity index (χ3n) is 4.20. The van der Waals surface area contributed by atoms with E-state index < -0.39 is 11.1 Å². The van der Waals surface area contributed by atoms with Crippen LogP contribution in [0.5, 0.6) is 0 Å². The van der Waals surface area contributed by atoms with Gasteiger partial charge in [-0.1, -0.05) is 32.1 Å². The molecular weight excluding hydrogens is 266 g/mol. The van der Waals surface area contributed by atoms with Gasteiger partial charge in [0.05, 0.1) is 11.0 Å². The highest BCUT2D eigenvalue weighted by Gasteiger charge is 2.11. The molecule has 0 amide bonds. The van der Waals surface area contributed by atoms with Crippen LogP contribution >= 0.6 is 0 Å². The van der Waals surface area contributed by atoms with Crippen molar-refractivity contribution >= 4 is 16.7 Å². The number of hydrogen-bond acceptors (Lipinski definition) is 3. The quantitative estimate of drug-likeness (QED) is 0.743. The van der Waals surface area contributed by atoms with Gasteiger partial charge in [0.2, 0.25) is 0 Å². The lowest BCUT2D eigenvalue weighted by Crippen LogP contribution is -2.29. The highest BCUT2D eigenvalue weighted by molar-refractivity contribution is 5.78. The first-order valence-electron chi connectivity index (χ1n) is 7.75. The number of hydrogen-bond donors (Lipinski definition) is 3. The second-order valence-electron chi connectivity index (χ2n) is 5.85. The van der Waals surface area contributed by atoms with Crippen LogP contribution in [0.25, 0.3) is 11.0 Å². The molecule has 0 unspecified atom stereocenters. The molecule has 1 aromatic carbocycles. The van der Waals surface area contributed by atoms with Gasteiger partial charge in [-0.2, -0.15) is 0 Å². The number of aromatic amines is 2. The Balaban J connectivity index is 1.81.